The first-order valence-corrected chi connectivity index (χ1v) is 7.12. The van der Waals surface area contributed by atoms with Gasteiger partial charge in [-0.3, -0.25) is 4.28 Å². The third kappa shape index (κ3) is 2.21. The molecule has 0 aliphatic rings. The monoisotopic (exact) mass is 290 g/mol. The summed E-state index contributed by atoms with van der Waals surface area (Å²) in [5, 5.41) is 4.43. The fourth-order valence-electron chi connectivity index (χ4n) is 1.65. The number of aryl methyl sites for hydroxylation is 1. The van der Waals surface area contributed by atoms with E-state index in [1.54, 1.807) is 12.1 Å². The Morgan fingerprint density at radius 2 is 1.90 bits per heavy atom. The van der Waals surface area contributed by atoms with E-state index in [4.69, 9.17) is 4.28 Å². The molecule has 2 heterocycles. The number of aromatic nitrogens is 4. The van der Waals surface area contributed by atoms with Crippen LogP contribution in [0.5, 0.6) is 0 Å². The molecule has 8 heteroatoms. The number of benzene rings is 1. The molecule has 0 unspecified atom stereocenters. The van der Waals surface area contributed by atoms with Gasteiger partial charge in [0, 0.05) is 6.20 Å². The minimum atomic E-state index is -3.95. The van der Waals surface area contributed by atoms with E-state index in [2.05, 4.69) is 15.1 Å². The first-order valence-electron chi connectivity index (χ1n) is 5.72. The lowest BCUT2D eigenvalue weighted by molar-refractivity contribution is 0.250. The summed E-state index contributed by atoms with van der Waals surface area (Å²) in [5.74, 6) is 0. The van der Waals surface area contributed by atoms with E-state index in [-0.39, 0.29) is 10.5 Å². The number of rotatable bonds is 3. The third-order valence-corrected chi connectivity index (χ3v) is 3.87. The molecule has 3 rings (SSSR count). The Hall–Kier alpha value is -2.48. The van der Waals surface area contributed by atoms with E-state index >= 15 is 0 Å². The second kappa shape index (κ2) is 4.57. The highest BCUT2D eigenvalue weighted by Crippen LogP contribution is 2.13. The molecule has 1 aromatic carbocycles. The van der Waals surface area contributed by atoms with Crippen LogP contribution < -0.4 is 4.28 Å². The first-order chi connectivity index (χ1) is 9.56. The maximum Gasteiger partial charge on any atom is 0.358 e. The molecule has 0 bridgehead atoms. The lowest BCUT2D eigenvalue weighted by Crippen LogP contribution is -2.21. The van der Waals surface area contributed by atoms with Crippen LogP contribution in [-0.2, 0) is 10.1 Å². The zero-order valence-corrected chi connectivity index (χ0v) is 11.3. The normalized spacial score (nSPS) is 11.7. The molecule has 0 atom stereocenters. The maximum atomic E-state index is 12.1. The molecule has 0 fully saturated rings. The Morgan fingerprint density at radius 1 is 1.15 bits per heavy atom. The molecule has 0 saturated heterocycles. The second-order valence-electron chi connectivity index (χ2n) is 4.16. The molecule has 0 N–H and O–H groups in total. The van der Waals surface area contributed by atoms with Gasteiger partial charge in [0.05, 0.1) is 11.6 Å². The summed E-state index contributed by atoms with van der Waals surface area (Å²) in [6, 6.07) is 6.34. The van der Waals surface area contributed by atoms with Crippen molar-refractivity contribution in [3.05, 3.63) is 48.5 Å². The highest BCUT2D eigenvalue weighted by atomic mass is 32.2. The van der Waals surface area contributed by atoms with Crippen molar-refractivity contribution < 1.29 is 12.7 Å². The van der Waals surface area contributed by atoms with Crippen molar-refractivity contribution in [2.45, 2.75) is 11.8 Å². The quantitative estimate of drug-likeness (QED) is 0.714. The van der Waals surface area contributed by atoms with Crippen LogP contribution >= 0.6 is 0 Å². The predicted molar refractivity (Wildman–Crippen MR) is 70.3 cm³/mol. The number of hydrogen-bond acceptors (Lipinski definition) is 6. The van der Waals surface area contributed by atoms with E-state index in [0.29, 0.717) is 5.39 Å². The van der Waals surface area contributed by atoms with Gasteiger partial charge in [0.15, 0.2) is 0 Å². The number of hydrogen-bond donors (Lipinski definition) is 0. The molecule has 3 aromatic rings. The topological polar surface area (TPSA) is 87.0 Å². The standard InChI is InChI=1S/C12H10N4O3S/c1-9-2-4-11(5-3-9)20(17,18)19-16-12-10(7-15-16)6-13-8-14-12/h2-8H,1H3. The molecule has 0 spiro atoms. The van der Waals surface area contributed by atoms with Crippen molar-refractivity contribution >= 4 is 21.2 Å². The van der Waals surface area contributed by atoms with Gasteiger partial charge in [0.2, 0.25) is 5.65 Å². The molecule has 0 aliphatic carbocycles. The molecular weight excluding hydrogens is 280 g/mol. The Labute approximate surface area is 114 Å². The smallest absolute Gasteiger partial charge is 0.264 e. The summed E-state index contributed by atoms with van der Waals surface area (Å²) < 4.78 is 29.2. The molecule has 20 heavy (non-hydrogen) atoms. The molecule has 0 saturated carbocycles. The van der Waals surface area contributed by atoms with Gasteiger partial charge in [-0.2, -0.15) is 8.42 Å². The molecule has 0 amide bonds. The van der Waals surface area contributed by atoms with Crippen molar-refractivity contribution in [1.29, 1.82) is 0 Å². The minimum Gasteiger partial charge on any atom is -0.264 e. The Balaban J connectivity index is 1.99. The highest BCUT2D eigenvalue weighted by Gasteiger charge is 2.18. The maximum absolute atomic E-state index is 12.1. The zero-order valence-electron chi connectivity index (χ0n) is 10.5. The Kier molecular flexibility index (Phi) is 2.87. The Morgan fingerprint density at radius 3 is 2.65 bits per heavy atom. The fraction of sp³-hybridized carbons (Fsp3) is 0.0833. The Bertz CT molecular complexity index is 856. The van der Waals surface area contributed by atoms with Crippen LogP contribution in [0.2, 0.25) is 0 Å². The van der Waals surface area contributed by atoms with Crippen LogP contribution in [-0.4, -0.2) is 28.3 Å². The van der Waals surface area contributed by atoms with Gasteiger partial charge >= 0.3 is 10.1 Å². The van der Waals surface area contributed by atoms with Crippen molar-refractivity contribution in [3.63, 3.8) is 0 Å². The summed E-state index contributed by atoms with van der Waals surface area (Å²) in [5.41, 5.74) is 1.25. The molecule has 0 radical (unpaired) electrons. The van der Waals surface area contributed by atoms with Crippen LogP contribution in [0.3, 0.4) is 0 Å². The van der Waals surface area contributed by atoms with Crippen molar-refractivity contribution in [1.82, 2.24) is 19.9 Å². The van der Waals surface area contributed by atoms with Gasteiger partial charge in [-0.05, 0) is 19.1 Å². The van der Waals surface area contributed by atoms with Crippen LogP contribution in [0.15, 0.2) is 47.9 Å². The average molecular weight is 290 g/mol. The summed E-state index contributed by atoms with van der Waals surface area (Å²) in [4.78, 5) is 8.68. The zero-order chi connectivity index (χ0) is 14.2. The van der Waals surface area contributed by atoms with Crippen LogP contribution in [0.1, 0.15) is 5.56 Å². The third-order valence-electron chi connectivity index (χ3n) is 2.68. The molecule has 102 valence electrons. The van der Waals surface area contributed by atoms with E-state index < -0.39 is 10.1 Å². The van der Waals surface area contributed by atoms with Gasteiger partial charge in [0.25, 0.3) is 0 Å². The average Bonchev–Trinajstić information content (AvgIpc) is 2.82. The minimum absolute atomic E-state index is 0.0563. The van der Waals surface area contributed by atoms with Crippen molar-refractivity contribution in [3.8, 4) is 0 Å². The predicted octanol–water partition coefficient (Wildman–Crippen LogP) is 0.952. The van der Waals surface area contributed by atoms with E-state index in [0.717, 1.165) is 10.4 Å². The summed E-state index contributed by atoms with van der Waals surface area (Å²) in [7, 11) is -3.95. The lowest BCUT2D eigenvalue weighted by atomic mass is 10.2. The number of fused-ring (bicyclic) bond motifs is 1. The molecule has 0 aliphatic heterocycles. The first kappa shape index (κ1) is 12.5. The van der Waals surface area contributed by atoms with Gasteiger partial charge in [-0.1, -0.05) is 22.5 Å². The van der Waals surface area contributed by atoms with Gasteiger partial charge in [-0.25, -0.2) is 9.97 Å². The number of nitrogens with zero attached hydrogens (tertiary/aromatic N) is 4. The SMILES string of the molecule is Cc1ccc(S(=O)(=O)On2ncc3cncnc32)cc1. The second-order valence-corrected chi connectivity index (χ2v) is 5.69. The van der Waals surface area contributed by atoms with Crippen molar-refractivity contribution in [2.24, 2.45) is 0 Å². The molecular formula is C12H10N4O3S. The van der Waals surface area contributed by atoms with Gasteiger partial charge in [0.1, 0.15) is 11.2 Å². The van der Waals surface area contributed by atoms with E-state index in [9.17, 15) is 8.42 Å². The summed E-state index contributed by atoms with van der Waals surface area (Å²) in [6.07, 6.45) is 4.25. The highest BCUT2D eigenvalue weighted by molar-refractivity contribution is 7.87. The largest absolute Gasteiger partial charge is 0.358 e. The van der Waals surface area contributed by atoms with Gasteiger partial charge < -0.3 is 0 Å². The fourth-order valence-corrected chi connectivity index (χ4v) is 2.50. The summed E-state index contributed by atoms with van der Waals surface area (Å²) in [6.45, 7) is 1.87. The van der Waals surface area contributed by atoms with Crippen LogP contribution in [0.25, 0.3) is 11.0 Å². The van der Waals surface area contributed by atoms with Gasteiger partial charge in [-0.15, -0.1) is 5.10 Å². The van der Waals surface area contributed by atoms with Crippen LogP contribution in [0.4, 0.5) is 0 Å². The molecule has 7 nitrogen and oxygen atoms in total. The summed E-state index contributed by atoms with van der Waals surface area (Å²) >= 11 is 0. The van der Waals surface area contributed by atoms with Crippen LogP contribution in [0, 0.1) is 6.92 Å². The van der Waals surface area contributed by atoms with Crippen molar-refractivity contribution in [2.75, 3.05) is 0 Å². The molecule has 2 aromatic heterocycles. The van der Waals surface area contributed by atoms with E-state index in [1.807, 2.05) is 6.92 Å². The lowest BCUT2D eigenvalue weighted by Gasteiger charge is -2.06. The van der Waals surface area contributed by atoms with E-state index in [1.165, 1.54) is 30.9 Å².